The minimum absolute atomic E-state index is 0.173. The lowest BCUT2D eigenvalue weighted by Crippen LogP contribution is -2.29. The molecular formula is C24H24ClN5O2S. The van der Waals surface area contributed by atoms with E-state index in [2.05, 4.69) is 15.4 Å². The van der Waals surface area contributed by atoms with Crippen LogP contribution in [-0.2, 0) is 13.1 Å². The van der Waals surface area contributed by atoms with Gasteiger partial charge in [0, 0.05) is 34.9 Å². The van der Waals surface area contributed by atoms with E-state index < -0.39 is 5.41 Å². The molecule has 0 fully saturated rings. The van der Waals surface area contributed by atoms with Crippen molar-refractivity contribution in [1.82, 2.24) is 19.3 Å². The van der Waals surface area contributed by atoms with Crippen LogP contribution >= 0.6 is 22.9 Å². The number of carbonyl (C=O) groups is 1. The zero-order chi connectivity index (χ0) is 23.6. The van der Waals surface area contributed by atoms with Crippen molar-refractivity contribution in [3.05, 3.63) is 86.2 Å². The maximum Gasteiger partial charge on any atom is 0.260 e. The summed E-state index contributed by atoms with van der Waals surface area (Å²) < 4.78 is 3.67. The minimum Gasteiger partial charge on any atom is -0.365 e. The zero-order valence-corrected chi connectivity index (χ0v) is 20.2. The van der Waals surface area contributed by atoms with Gasteiger partial charge in [-0.3, -0.25) is 14.6 Å². The molecule has 4 heterocycles. The Labute approximate surface area is 200 Å². The average molecular weight is 482 g/mol. The van der Waals surface area contributed by atoms with Gasteiger partial charge < -0.3 is 9.88 Å². The predicted octanol–water partition coefficient (Wildman–Crippen LogP) is 5.17. The number of hydrogen-bond donors (Lipinski definition) is 1. The Morgan fingerprint density at radius 3 is 2.58 bits per heavy atom. The Hall–Kier alpha value is -3.23. The van der Waals surface area contributed by atoms with Gasteiger partial charge >= 0.3 is 0 Å². The van der Waals surface area contributed by atoms with E-state index >= 15 is 0 Å². The molecule has 0 radical (unpaired) electrons. The van der Waals surface area contributed by atoms with Crippen LogP contribution in [0, 0.1) is 5.41 Å². The molecule has 0 aromatic carbocycles. The highest BCUT2D eigenvalue weighted by Gasteiger charge is 2.27. The predicted molar refractivity (Wildman–Crippen MR) is 132 cm³/mol. The fourth-order valence-corrected chi connectivity index (χ4v) is 4.30. The Bertz CT molecular complexity index is 1330. The smallest absolute Gasteiger partial charge is 0.260 e. The second kappa shape index (κ2) is 9.33. The van der Waals surface area contributed by atoms with Gasteiger partial charge in [-0.25, -0.2) is 0 Å². The first-order valence-corrected chi connectivity index (χ1v) is 11.6. The lowest BCUT2D eigenvalue weighted by molar-refractivity contribution is 0.0752. The molecule has 4 aromatic rings. The zero-order valence-electron chi connectivity index (χ0n) is 18.6. The number of carbonyl (C=O) groups excluding carboxylic acids is 1. The van der Waals surface area contributed by atoms with E-state index in [1.54, 1.807) is 35.3 Å². The molecule has 0 aliphatic heterocycles. The van der Waals surface area contributed by atoms with Crippen molar-refractivity contribution < 1.29 is 4.79 Å². The standard InChI is InChI=1S/C24H24ClN5O2S/c1-24(2,3)23(32)30-21(27-14-17-6-7-20(25)33-17)13-19(28-30)18-5-4-12-29(22(18)31)15-16-8-10-26-11-9-16/h4-13,27H,14-15H2,1-3H3. The molecule has 4 aromatic heterocycles. The summed E-state index contributed by atoms with van der Waals surface area (Å²) in [5, 5.41) is 7.81. The number of hydrogen-bond acceptors (Lipinski definition) is 6. The van der Waals surface area contributed by atoms with Crippen molar-refractivity contribution in [3.8, 4) is 11.3 Å². The number of pyridine rings is 2. The van der Waals surface area contributed by atoms with Crippen molar-refractivity contribution >= 4 is 34.7 Å². The molecule has 9 heteroatoms. The van der Waals surface area contributed by atoms with Gasteiger partial charge in [0.15, 0.2) is 0 Å². The summed E-state index contributed by atoms with van der Waals surface area (Å²) in [4.78, 5) is 31.4. The first-order chi connectivity index (χ1) is 15.7. The number of nitrogens with zero attached hydrogens (tertiary/aromatic N) is 4. The fraction of sp³-hybridized carbons (Fsp3) is 0.250. The maximum absolute atomic E-state index is 13.2. The molecule has 0 spiro atoms. The summed E-state index contributed by atoms with van der Waals surface area (Å²) in [6, 6.07) is 12.8. The van der Waals surface area contributed by atoms with Gasteiger partial charge in [-0.1, -0.05) is 32.4 Å². The van der Waals surface area contributed by atoms with Gasteiger partial charge in [-0.05, 0) is 42.0 Å². The Morgan fingerprint density at radius 2 is 1.91 bits per heavy atom. The van der Waals surface area contributed by atoms with Gasteiger partial charge in [0.2, 0.25) is 0 Å². The van der Waals surface area contributed by atoms with Crippen molar-refractivity contribution in [2.24, 2.45) is 5.41 Å². The van der Waals surface area contributed by atoms with Crippen molar-refractivity contribution in [2.45, 2.75) is 33.9 Å². The second-order valence-corrected chi connectivity index (χ2v) is 10.5. The third kappa shape index (κ3) is 5.23. The molecular weight excluding hydrogens is 458 g/mol. The lowest BCUT2D eigenvalue weighted by atomic mass is 9.96. The number of nitrogens with one attached hydrogen (secondary N) is 1. The number of aromatic nitrogens is 4. The molecule has 0 saturated carbocycles. The van der Waals surface area contributed by atoms with Crippen molar-refractivity contribution in [1.29, 1.82) is 0 Å². The third-order valence-corrected chi connectivity index (χ3v) is 6.25. The molecule has 33 heavy (non-hydrogen) atoms. The van der Waals surface area contributed by atoms with E-state index in [4.69, 9.17) is 11.6 Å². The fourth-order valence-electron chi connectivity index (χ4n) is 3.28. The van der Waals surface area contributed by atoms with Crippen LogP contribution in [-0.4, -0.2) is 25.2 Å². The number of anilines is 1. The monoisotopic (exact) mass is 481 g/mol. The van der Waals surface area contributed by atoms with Crippen molar-refractivity contribution in [3.63, 3.8) is 0 Å². The van der Waals surface area contributed by atoms with Gasteiger partial charge in [0.25, 0.3) is 11.5 Å². The van der Waals surface area contributed by atoms with E-state index in [9.17, 15) is 9.59 Å². The van der Waals surface area contributed by atoms with E-state index in [0.717, 1.165) is 10.4 Å². The van der Waals surface area contributed by atoms with Crippen LogP contribution in [0.2, 0.25) is 4.34 Å². The SMILES string of the molecule is CC(C)(C)C(=O)n1nc(-c2cccn(Cc3ccncc3)c2=O)cc1NCc1ccc(Cl)s1. The van der Waals surface area contributed by atoms with Gasteiger partial charge in [-0.2, -0.15) is 9.78 Å². The topological polar surface area (TPSA) is 81.8 Å². The van der Waals surface area contributed by atoms with Crippen LogP contribution in [0.4, 0.5) is 5.82 Å². The summed E-state index contributed by atoms with van der Waals surface area (Å²) in [7, 11) is 0. The van der Waals surface area contributed by atoms with Crippen LogP contribution in [0.3, 0.4) is 0 Å². The van der Waals surface area contributed by atoms with E-state index in [1.165, 1.54) is 16.0 Å². The largest absolute Gasteiger partial charge is 0.365 e. The molecule has 0 saturated heterocycles. The van der Waals surface area contributed by atoms with Crippen LogP contribution in [0.15, 0.2) is 65.8 Å². The van der Waals surface area contributed by atoms with Crippen LogP contribution in [0.5, 0.6) is 0 Å². The summed E-state index contributed by atoms with van der Waals surface area (Å²) in [6.45, 7) is 6.42. The van der Waals surface area contributed by atoms with Crippen LogP contribution in [0.25, 0.3) is 11.3 Å². The summed E-state index contributed by atoms with van der Waals surface area (Å²) in [6.07, 6.45) is 5.13. The first kappa shape index (κ1) is 22.9. The van der Waals surface area contributed by atoms with Gasteiger partial charge in [-0.15, -0.1) is 11.3 Å². The molecule has 0 aliphatic carbocycles. The molecule has 7 nitrogen and oxygen atoms in total. The average Bonchev–Trinajstić information content (AvgIpc) is 3.39. The molecule has 0 amide bonds. The molecule has 0 bridgehead atoms. The van der Waals surface area contributed by atoms with Crippen molar-refractivity contribution in [2.75, 3.05) is 5.32 Å². The van der Waals surface area contributed by atoms with E-state index in [1.807, 2.05) is 51.1 Å². The number of halogens is 1. The molecule has 0 unspecified atom stereocenters. The highest BCUT2D eigenvalue weighted by atomic mass is 35.5. The normalized spacial score (nSPS) is 11.5. The highest BCUT2D eigenvalue weighted by Crippen LogP contribution is 2.26. The highest BCUT2D eigenvalue weighted by molar-refractivity contribution is 7.16. The molecule has 0 aliphatic rings. The van der Waals surface area contributed by atoms with Gasteiger partial charge in [0.05, 0.1) is 23.0 Å². The summed E-state index contributed by atoms with van der Waals surface area (Å²) in [5.41, 5.74) is 1.00. The van der Waals surface area contributed by atoms with E-state index in [-0.39, 0.29) is 11.5 Å². The Balaban J connectivity index is 1.70. The third-order valence-electron chi connectivity index (χ3n) is 5.01. The molecule has 1 N–H and O–H groups in total. The summed E-state index contributed by atoms with van der Waals surface area (Å²) >= 11 is 7.50. The number of rotatable bonds is 6. The lowest BCUT2D eigenvalue weighted by Gasteiger charge is -2.18. The number of thiophene rings is 1. The maximum atomic E-state index is 13.2. The van der Waals surface area contributed by atoms with Crippen LogP contribution < -0.4 is 10.9 Å². The quantitative estimate of drug-likeness (QED) is 0.411. The van der Waals surface area contributed by atoms with Gasteiger partial charge in [0.1, 0.15) is 11.5 Å². The van der Waals surface area contributed by atoms with Crippen LogP contribution in [0.1, 0.15) is 36.0 Å². The summed E-state index contributed by atoms with van der Waals surface area (Å²) in [5.74, 6) is 0.354. The molecule has 4 rings (SSSR count). The Kier molecular flexibility index (Phi) is 6.49. The minimum atomic E-state index is -0.649. The first-order valence-electron chi connectivity index (χ1n) is 10.4. The molecule has 170 valence electrons. The molecule has 0 atom stereocenters. The second-order valence-electron chi connectivity index (χ2n) is 8.65. The Morgan fingerprint density at radius 1 is 1.15 bits per heavy atom. The van der Waals surface area contributed by atoms with E-state index in [0.29, 0.717) is 34.5 Å².